The number of carboxylic acid groups (broad SMARTS) is 1. The Morgan fingerprint density at radius 3 is 2.58 bits per heavy atom. The van der Waals surface area contributed by atoms with Gasteiger partial charge in [-0.2, -0.15) is 0 Å². The number of aryl methyl sites for hydroxylation is 1. The molecule has 100 valence electrons. The maximum atomic E-state index is 11.0. The monoisotopic (exact) mass is 260 g/mol. The van der Waals surface area contributed by atoms with Crippen LogP contribution in [0, 0.1) is 12.8 Å². The van der Waals surface area contributed by atoms with Crippen LogP contribution in [0.4, 0.5) is 0 Å². The van der Waals surface area contributed by atoms with Crippen molar-refractivity contribution in [3.8, 4) is 0 Å². The summed E-state index contributed by atoms with van der Waals surface area (Å²) < 4.78 is 0. The highest BCUT2D eigenvalue weighted by Crippen LogP contribution is 2.42. The average molecular weight is 260 g/mol. The fraction of sp³-hybridized carbons (Fsp3) is 0.462. The van der Waals surface area contributed by atoms with E-state index >= 15 is 0 Å². The van der Waals surface area contributed by atoms with Crippen LogP contribution in [0.15, 0.2) is 44.9 Å². The topological polar surface area (TPSA) is 86.7 Å². The van der Waals surface area contributed by atoms with Crippen LogP contribution in [0.1, 0.15) is 30.9 Å². The molecule has 0 spiro atoms. The molecule has 0 radical (unpaired) electrons. The van der Waals surface area contributed by atoms with Crippen LogP contribution in [0.2, 0.25) is 0 Å². The van der Waals surface area contributed by atoms with Gasteiger partial charge in [-0.3, -0.25) is 4.79 Å². The van der Waals surface area contributed by atoms with Crippen molar-refractivity contribution in [2.45, 2.75) is 32.4 Å². The van der Waals surface area contributed by atoms with E-state index in [4.69, 9.17) is 5.11 Å². The molecule has 0 amide bonds. The molecule has 0 saturated carbocycles. The first kappa shape index (κ1) is 13.3. The van der Waals surface area contributed by atoms with Gasteiger partial charge in [0.15, 0.2) is 0 Å². The van der Waals surface area contributed by atoms with Gasteiger partial charge >= 0.3 is 5.97 Å². The zero-order chi connectivity index (χ0) is 13.9. The van der Waals surface area contributed by atoms with Gasteiger partial charge in [-0.1, -0.05) is 36.8 Å². The Balaban J connectivity index is 2.46. The van der Waals surface area contributed by atoms with Crippen LogP contribution < -0.4 is 0 Å². The number of rotatable bonds is 5. The van der Waals surface area contributed by atoms with E-state index in [1.165, 1.54) is 0 Å². The second-order valence-corrected chi connectivity index (χ2v) is 4.68. The van der Waals surface area contributed by atoms with Gasteiger partial charge in [-0.05, 0) is 23.8 Å². The minimum Gasteiger partial charge on any atom is -0.481 e. The lowest BCUT2D eigenvalue weighted by Gasteiger charge is -2.28. The summed E-state index contributed by atoms with van der Waals surface area (Å²) in [6.45, 7) is 3.90. The van der Waals surface area contributed by atoms with Crippen molar-refractivity contribution >= 4 is 5.97 Å². The molecule has 1 atom stereocenters. The lowest BCUT2D eigenvalue weighted by atomic mass is 9.82. The molecule has 0 fully saturated rings. The third-order valence-electron chi connectivity index (χ3n) is 3.36. The van der Waals surface area contributed by atoms with Crippen LogP contribution in [0.5, 0.6) is 0 Å². The van der Waals surface area contributed by atoms with Crippen molar-refractivity contribution in [1.82, 2.24) is 0 Å². The first-order valence-corrected chi connectivity index (χ1v) is 6.21. The molecule has 1 heterocycles. The quantitative estimate of drug-likeness (QED) is 0.878. The van der Waals surface area contributed by atoms with Gasteiger partial charge in [0.2, 0.25) is 5.66 Å². The predicted molar refractivity (Wildman–Crippen MR) is 68.6 cm³/mol. The molecule has 1 unspecified atom stereocenters. The normalized spacial score (nSPS) is 17.6. The smallest absolute Gasteiger partial charge is 0.303 e. The van der Waals surface area contributed by atoms with Gasteiger partial charge in [-0.15, -0.1) is 10.2 Å². The fourth-order valence-corrected chi connectivity index (χ4v) is 2.37. The second kappa shape index (κ2) is 5.26. The summed E-state index contributed by atoms with van der Waals surface area (Å²) in [5, 5.41) is 24.5. The maximum absolute atomic E-state index is 11.0. The summed E-state index contributed by atoms with van der Waals surface area (Å²) in [5.74, 6) is -1.13. The molecule has 19 heavy (non-hydrogen) atoms. The molecule has 1 aromatic carbocycles. The van der Waals surface area contributed by atoms with E-state index < -0.39 is 11.6 Å². The molecule has 0 bridgehead atoms. The number of nitrogens with zero attached hydrogens (tertiary/aromatic N) is 4. The van der Waals surface area contributed by atoms with E-state index in [0.717, 1.165) is 11.1 Å². The van der Waals surface area contributed by atoms with Crippen molar-refractivity contribution in [2.24, 2.45) is 26.6 Å². The molecular weight excluding hydrogens is 244 g/mol. The molecule has 1 aromatic rings. The third-order valence-corrected chi connectivity index (χ3v) is 3.36. The molecule has 1 aliphatic heterocycles. The Labute approximate surface area is 111 Å². The molecule has 6 heteroatoms. The van der Waals surface area contributed by atoms with Crippen molar-refractivity contribution in [2.75, 3.05) is 0 Å². The summed E-state index contributed by atoms with van der Waals surface area (Å²) in [4.78, 5) is 11.0. The van der Waals surface area contributed by atoms with Crippen molar-refractivity contribution < 1.29 is 9.90 Å². The fourth-order valence-electron chi connectivity index (χ4n) is 2.37. The number of hydrogen-bond donors (Lipinski definition) is 1. The van der Waals surface area contributed by atoms with Gasteiger partial charge in [0.1, 0.15) is 0 Å². The van der Waals surface area contributed by atoms with E-state index in [1.807, 2.05) is 38.1 Å². The Morgan fingerprint density at radius 1 is 1.37 bits per heavy atom. The van der Waals surface area contributed by atoms with Gasteiger partial charge in [0.25, 0.3) is 0 Å². The molecule has 0 saturated heterocycles. The first-order valence-electron chi connectivity index (χ1n) is 6.21. The number of hydrogen-bond acceptors (Lipinski definition) is 5. The standard InChI is InChI=1S/C13H16N4O2/c1-3-10(8-12(18)19)13(14-16-17-15-13)11-6-4-5-9(2)7-11/h4-7,10H,3,8H2,1-2H3,(H,18,19). The highest BCUT2D eigenvalue weighted by molar-refractivity contribution is 5.67. The van der Waals surface area contributed by atoms with Crippen LogP contribution >= 0.6 is 0 Å². The average Bonchev–Trinajstić information content (AvgIpc) is 2.86. The number of carboxylic acids is 1. The molecule has 0 aromatic heterocycles. The zero-order valence-corrected chi connectivity index (χ0v) is 10.9. The first-order chi connectivity index (χ1) is 9.08. The van der Waals surface area contributed by atoms with E-state index in [-0.39, 0.29) is 12.3 Å². The van der Waals surface area contributed by atoms with Crippen molar-refractivity contribution in [1.29, 1.82) is 0 Å². The predicted octanol–water partition coefficient (Wildman–Crippen LogP) is 3.48. The summed E-state index contributed by atoms with van der Waals surface area (Å²) in [6, 6.07) is 7.72. The summed E-state index contributed by atoms with van der Waals surface area (Å²) >= 11 is 0. The minimum atomic E-state index is -0.987. The van der Waals surface area contributed by atoms with E-state index in [0.29, 0.717) is 6.42 Å². The molecule has 2 rings (SSSR count). The molecule has 1 N–H and O–H groups in total. The van der Waals surface area contributed by atoms with E-state index in [9.17, 15) is 4.79 Å². The zero-order valence-electron chi connectivity index (χ0n) is 10.9. The van der Waals surface area contributed by atoms with Crippen LogP contribution in [0.3, 0.4) is 0 Å². The highest BCUT2D eigenvalue weighted by Gasteiger charge is 2.44. The van der Waals surface area contributed by atoms with Gasteiger partial charge in [0, 0.05) is 11.5 Å². The van der Waals surface area contributed by atoms with Gasteiger partial charge in [0.05, 0.1) is 6.42 Å². The molecule has 1 aliphatic rings. The van der Waals surface area contributed by atoms with Gasteiger partial charge in [-0.25, -0.2) is 0 Å². The van der Waals surface area contributed by atoms with E-state index in [2.05, 4.69) is 20.7 Å². The van der Waals surface area contributed by atoms with E-state index in [1.54, 1.807) is 0 Å². The Kier molecular flexibility index (Phi) is 3.69. The maximum Gasteiger partial charge on any atom is 0.303 e. The molecule has 6 nitrogen and oxygen atoms in total. The third kappa shape index (κ3) is 2.52. The van der Waals surface area contributed by atoms with Crippen LogP contribution in [-0.2, 0) is 10.5 Å². The van der Waals surface area contributed by atoms with Crippen LogP contribution in [0.25, 0.3) is 0 Å². The largest absolute Gasteiger partial charge is 0.481 e. The molecule has 0 aliphatic carbocycles. The Bertz CT molecular complexity index is 527. The number of aliphatic carboxylic acids is 1. The second-order valence-electron chi connectivity index (χ2n) is 4.68. The summed E-state index contributed by atoms with van der Waals surface area (Å²) in [7, 11) is 0. The van der Waals surface area contributed by atoms with Gasteiger partial charge < -0.3 is 5.11 Å². The lowest BCUT2D eigenvalue weighted by Crippen LogP contribution is -2.31. The van der Waals surface area contributed by atoms with Crippen LogP contribution in [-0.4, -0.2) is 11.1 Å². The van der Waals surface area contributed by atoms with Crippen molar-refractivity contribution in [3.63, 3.8) is 0 Å². The lowest BCUT2D eigenvalue weighted by molar-refractivity contribution is -0.138. The van der Waals surface area contributed by atoms with Crippen molar-refractivity contribution in [3.05, 3.63) is 35.4 Å². The Morgan fingerprint density at radius 2 is 2.05 bits per heavy atom. The number of carbonyl (C=O) groups is 1. The Hall–Kier alpha value is -2.11. The SMILES string of the molecule is CCC(CC(=O)O)C1(c2cccc(C)c2)N=NN=N1. The minimum absolute atomic E-state index is 0.0114. The summed E-state index contributed by atoms with van der Waals surface area (Å²) in [5.41, 5.74) is 0.920. The summed E-state index contributed by atoms with van der Waals surface area (Å²) in [6.07, 6.45) is 0.626. The number of benzene rings is 1. The molecular formula is C13H16N4O2. The highest BCUT2D eigenvalue weighted by atomic mass is 16.4.